The minimum Gasteiger partial charge on any atom is -0.136 e. The molecule has 3 rings (SSSR count). The first-order valence-electron chi connectivity index (χ1n) is 6.79. The van der Waals surface area contributed by atoms with Gasteiger partial charge in [0.25, 0.3) is 0 Å². The highest BCUT2D eigenvalue weighted by Gasteiger charge is 2.15. The highest BCUT2D eigenvalue weighted by Crippen LogP contribution is 2.26. The quantitative estimate of drug-likeness (QED) is 0.550. The van der Waals surface area contributed by atoms with Crippen LogP contribution in [-0.4, -0.2) is 0 Å². The summed E-state index contributed by atoms with van der Waals surface area (Å²) in [4.78, 5) is 0. The van der Waals surface area contributed by atoms with Gasteiger partial charge in [-0.25, -0.2) is 0 Å². The molecule has 21 heavy (non-hydrogen) atoms. The van der Waals surface area contributed by atoms with Gasteiger partial charge < -0.3 is 0 Å². The summed E-state index contributed by atoms with van der Waals surface area (Å²) in [7, 11) is 0. The van der Waals surface area contributed by atoms with Crippen molar-refractivity contribution in [3.8, 4) is 22.4 Å². The van der Waals surface area contributed by atoms with E-state index in [0.29, 0.717) is 0 Å². The van der Waals surface area contributed by atoms with E-state index in [1.807, 2.05) is 18.2 Å². The Balaban J connectivity index is 2.17. The molecule has 0 saturated carbocycles. The van der Waals surface area contributed by atoms with Crippen LogP contribution >= 0.6 is 22.9 Å². The Hall–Kier alpha value is -1.94. The Labute approximate surface area is 139 Å². The van der Waals surface area contributed by atoms with E-state index in [1.165, 1.54) is 22.4 Å². The van der Waals surface area contributed by atoms with Crippen molar-refractivity contribution in [3.63, 3.8) is 0 Å². The van der Waals surface area contributed by atoms with Gasteiger partial charge in [0.15, 0.2) is 6.20 Å². The summed E-state index contributed by atoms with van der Waals surface area (Å²) in [5.74, 6) is 0. The molecule has 0 amide bonds. The van der Waals surface area contributed by atoms with Crippen molar-refractivity contribution >= 4 is 28.9 Å². The first-order valence-corrected chi connectivity index (χ1v) is 7.75. The minimum absolute atomic E-state index is 1.15. The van der Waals surface area contributed by atoms with Crippen molar-refractivity contribution in [2.45, 2.75) is 0 Å². The monoisotopic (exact) mass is 384 g/mol. The smallest absolute Gasteiger partial charge is 0.136 e. The number of hydrogen-bond donors (Lipinski definition) is 0. The standard InChI is InChI=1S/C19H15IN/c1-2-15-8-6-7-11-18(15)19-14-17(12-13-21(19)20)16-9-4-3-5-10-16/h2-14H,1H2/q+1. The maximum Gasteiger partial charge on any atom is 0.354 e. The summed E-state index contributed by atoms with van der Waals surface area (Å²) in [6, 6.07) is 23.1. The molecule has 2 aromatic carbocycles. The average molecular weight is 384 g/mol. The third-order valence-corrected chi connectivity index (χ3v) is 4.31. The lowest BCUT2D eigenvalue weighted by Gasteiger charge is -2.06. The fourth-order valence-corrected chi connectivity index (χ4v) is 2.95. The molecule has 0 spiro atoms. The van der Waals surface area contributed by atoms with Gasteiger partial charge in [-0.2, -0.15) is 0 Å². The minimum atomic E-state index is 1.15. The topological polar surface area (TPSA) is 3.88 Å². The SMILES string of the molecule is C=Cc1ccccc1-c1cc(-c2ccccc2)cc[n+]1I. The Morgan fingerprint density at radius 1 is 0.857 bits per heavy atom. The van der Waals surface area contributed by atoms with Gasteiger partial charge >= 0.3 is 22.9 Å². The Kier molecular flexibility index (Phi) is 4.15. The predicted octanol–water partition coefficient (Wildman–Crippen LogP) is 5.15. The van der Waals surface area contributed by atoms with E-state index in [2.05, 4.69) is 93.0 Å². The Bertz CT molecular complexity index is 779. The molecule has 0 atom stereocenters. The number of pyridine rings is 1. The number of benzene rings is 2. The van der Waals surface area contributed by atoms with Gasteiger partial charge in [-0.3, -0.25) is 0 Å². The van der Waals surface area contributed by atoms with Crippen molar-refractivity contribution < 1.29 is 2.78 Å². The second kappa shape index (κ2) is 6.22. The molecule has 0 unspecified atom stereocenters. The molecule has 0 fully saturated rings. The summed E-state index contributed by atoms with van der Waals surface area (Å²) in [6.07, 6.45) is 4.00. The van der Waals surface area contributed by atoms with Crippen LogP contribution in [0.1, 0.15) is 5.56 Å². The van der Waals surface area contributed by atoms with Crippen LogP contribution in [0.4, 0.5) is 0 Å². The third kappa shape index (κ3) is 2.90. The van der Waals surface area contributed by atoms with E-state index in [-0.39, 0.29) is 0 Å². The van der Waals surface area contributed by atoms with Crippen molar-refractivity contribution in [2.75, 3.05) is 0 Å². The van der Waals surface area contributed by atoms with Crippen molar-refractivity contribution in [2.24, 2.45) is 0 Å². The highest BCUT2D eigenvalue weighted by atomic mass is 127. The van der Waals surface area contributed by atoms with Gasteiger partial charge in [-0.05, 0) is 22.8 Å². The average Bonchev–Trinajstić information content (AvgIpc) is 2.56. The van der Waals surface area contributed by atoms with Gasteiger partial charge in [-0.1, -0.05) is 61.2 Å². The highest BCUT2D eigenvalue weighted by molar-refractivity contribution is 14.1. The summed E-state index contributed by atoms with van der Waals surface area (Å²) in [5, 5.41) is 0. The molecule has 3 aromatic rings. The maximum absolute atomic E-state index is 3.92. The normalized spacial score (nSPS) is 10.3. The predicted molar refractivity (Wildman–Crippen MR) is 97.0 cm³/mol. The molecule has 2 heteroatoms. The van der Waals surface area contributed by atoms with Gasteiger partial charge in [-0.15, -0.1) is 2.78 Å². The zero-order valence-electron chi connectivity index (χ0n) is 11.5. The molecule has 0 aliphatic heterocycles. The lowest BCUT2D eigenvalue weighted by molar-refractivity contribution is -0.427. The molecule has 0 saturated heterocycles. The lowest BCUT2D eigenvalue weighted by atomic mass is 10.0. The van der Waals surface area contributed by atoms with Crippen LogP contribution in [0.25, 0.3) is 28.5 Å². The molecule has 1 heterocycles. The van der Waals surface area contributed by atoms with Gasteiger partial charge in [0, 0.05) is 12.1 Å². The Morgan fingerprint density at radius 2 is 1.57 bits per heavy atom. The third-order valence-electron chi connectivity index (χ3n) is 3.47. The first kappa shape index (κ1) is 14.0. The lowest BCUT2D eigenvalue weighted by Crippen LogP contribution is -2.22. The molecule has 0 radical (unpaired) electrons. The number of hydrogen-bond acceptors (Lipinski definition) is 0. The van der Waals surface area contributed by atoms with E-state index in [0.717, 1.165) is 5.56 Å². The molecule has 1 aromatic heterocycles. The number of halogens is 1. The van der Waals surface area contributed by atoms with E-state index >= 15 is 0 Å². The second-order valence-electron chi connectivity index (χ2n) is 4.77. The number of nitrogens with zero attached hydrogens (tertiary/aromatic N) is 1. The van der Waals surface area contributed by atoms with Crippen LogP contribution in [0.2, 0.25) is 0 Å². The van der Waals surface area contributed by atoms with Crippen molar-refractivity contribution in [1.29, 1.82) is 0 Å². The largest absolute Gasteiger partial charge is 0.354 e. The molecule has 1 nitrogen and oxygen atoms in total. The summed E-state index contributed by atoms with van der Waals surface area (Å²) in [6.45, 7) is 3.92. The zero-order valence-corrected chi connectivity index (χ0v) is 13.7. The maximum atomic E-state index is 3.92. The molecular weight excluding hydrogens is 369 g/mol. The van der Waals surface area contributed by atoms with Crippen LogP contribution in [0.5, 0.6) is 0 Å². The van der Waals surface area contributed by atoms with E-state index < -0.39 is 0 Å². The molecular formula is C19H15IN+. The van der Waals surface area contributed by atoms with Gasteiger partial charge in [0.05, 0.1) is 5.56 Å². The molecule has 0 N–H and O–H groups in total. The first-order chi connectivity index (χ1) is 10.3. The van der Waals surface area contributed by atoms with Crippen molar-refractivity contribution in [3.05, 3.63) is 85.1 Å². The molecule has 102 valence electrons. The number of rotatable bonds is 3. The van der Waals surface area contributed by atoms with E-state index in [1.54, 1.807) is 0 Å². The molecule has 0 aliphatic rings. The van der Waals surface area contributed by atoms with Gasteiger partial charge in [0.2, 0.25) is 5.69 Å². The fraction of sp³-hybridized carbons (Fsp3) is 0. The molecule has 0 aliphatic carbocycles. The Morgan fingerprint density at radius 3 is 2.33 bits per heavy atom. The van der Waals surface area contributed by atoms with E-state index in [9.17, 15) is 0 Å². The van der Waals surface area contributed by atoms with Crippen LogP contribution < -0.4 is 2.78 Å². The second-order valence-corrected chi connectivity index (χ2v) is 5.81. The summed E-state index contributed by atoms with van der Waals surface area (Å²) < 4.78 is 2.12. The summed E-state index contributed by atoms with van der Waals surface area (Å²) >= 11 is 2.32. The van der Waals surface area contributed by atoms with Crippen LogP contribution in [-0.2, 0) is 0 Å². The van der Waals surface area contributed by atoms with E-state index in [4.69, 9.17) is 0 Å². The molecule has 0 bridgehead atoms. The zero-order chi connectivity index (χ0) is 14.7. The van der Waals surface area contributed by atoms with Crippen LogP contribution in [0.3, 0.4) is 0 Å². The summed E-state index contributed by atoms with van der Waals surface area (Å²) in [5.41, 5.74) is 5.96. The fourth-order valence-electron chi connectivity index (χ4n) is 2.39. The van der Waals surface area contributed by atoms with Crippen LogP contribution in [0.15, 0.2) is 79.5 Å². The number of aromatic nitrogens is 1. The van der Waals surface area contributed by atoms with Gasteiger partial charge in [0.1, 0.15) is 0 Å². The van der Waals surface area contributed by atoms with Crippen LogP contribution in [0, 0.1) is 0 Å². The van der Waals surface area contributed by atoms with Crippen molar-refractivity contribution in [1.82, 2.24) is 0 Å².